The lowest BCUT2D eigenvalue weighted by molar-refractivity contribution is -0.137. The molecule has 3 nitrogen and oxygen atoms in total. The molecule has 2 aromatic carbocycles. The van der Waals surface area contributed by atoms with Gasteiger partial charge in [0.1, 0.15) is 5.75 Å². The van der Waals surface area contributed by atoms with E-state index in [0.717, 1.165) is 28.8 Å². The summed E-state index contributed by atoms with van der Waals surface area (Å²) in [7, 11) is 0. The van der Waals surface area contributed by atoms with Crippen LogP contribution in [0, 0.1) is 0 Å². The Balaban J connectivity index is 2.36. The topological polar surface area (TPSA) is 44.6 Å². The van der Waals surface area contributed by atoms with Crippen molar-refractivity contribution < 1.29 is 18.3 Å². The van der Waals surface area contributed by atoms with E-state index in [2.05, 4.69) is 10.5 Å². The zero-order valence-electron chi connectivity index (χ0n) is 17.1. The third-order valence-electron chi connectivity index (χ3n) is 4.35. The molecular weight excluding hydrogens is 365 g/mol. The highest BCUT2D eigenvalue weighted by Gasteiger charge is 2.30. The van der Waals surface area contributed by atoms with Gasteiger partial charge in [0.25, 0.3) is 0 Å². The molecule has 2 aromatic rings. The van der Waals surface area contributed by atoms with Gasteiger partial charge in [-0.15, -0.1) is 0 Å². The number of alkyl halides is 3. The Morgan fingerprint density at radius 3 is 1.89 bits per heavy atom. The van der Waals surface area contributed by atoms with Crippen molar-refractivity contribution in [3.05, 3.63) is 58.7 Å². The van der Waals surface area contributed by atoms with Gasteiger partial charge in [-0.1, -0.05) is 47.6 Å². The molecule has 0 unspecified atom stereocenters. The van der Waals surface area contributed by atoms with Crippen molar-refractivity contribution >= 4 is 11.9 Å². The molecule has 0 spiro atoms. The summed E-state index contributed by atoms with van der Waals surface area (Å²) in [4.78, 5) is 0. The van der Waals surface area contributed by atoms with Crippen LogP contribution in [0.4, 0.5) is 18.9 Å². The largest absolute Gasteiger partial charge is 0.507 e. The van der Waals surface area contributed by atoms with E-state index >= 15 is 0 Å². The monoisotopic (exact) mass is 392 g/mol. The van der Waals surface area contributed by atoms with Crippen LogP contribution in [0.25, 0.3) is 0 Å². The van der Waals surface area contributed by atoms with E-state index in [9.17, 15) is 18.3 Å². The molecule has 2 N–H and O–H groups in total. The van der Waals surface area contributed by atoms with E-state index in [-0.39, 0.29) is 22.3 Å². The van der Waals surface area contributed by atoms with Crippen molar-refractivity contribution in [2.24, 2.45) is 5.10 Å². The second kappa shape index (κ2) is 7.49. The Morgan fingerprint density at radius 1 is 0.893 bits per heavy atom. The Hall–Kier alpha value is -2.50. The predicted octanol–water partition coefficient (Wildman–Crippen LogP) is 6.45. The number of nitrogens with one attached hydrogen (secondary N) is 1. The normalized spacial score (nSPS) is 13.2. The first kappa shape index (κ1) is 21.8. The molecule has 0 amide bonds. The molecule has 0 aliphatic rings. The molecule has 2 rings (SSSR count). The zero-order chi connectivity index (χ0) is 21.3. The van der Waals surface area contributed by atoms with Crippen LogP contribution >= 0.6 is 0 Å². The summed E-state index contributed by atoms with van der Waals surface area (Å²) >= 11 is 0. The van der Waals surface area contributed by atoms with Gasteiger partial charge < -0.3 is 5.11 Å². The summed E-state index contributed by atoms with van der Waals surface area (Å²) in [6.07, 6.45) is -2.86. The first-order chi connectivity index (χ1) is 12.7. The van der Waals surface area contributed by atoms with Crippen molar-refractivity contribution in [1.29, 1.82) is 0 Å². The van der Waals surface area contributed by atoms with E-state index in [1.54, 1.807) is 6.21 Å². The number of benzene rings is 2. The van der Waals surface area contributed by atoms with Gasteiger partial charge in [-0.2, -0.15) is 18.3 Å². The number of phenolic OH excluding ortho intramolecular Hbond substituents is 1. The maximum Gasteiger partial charge on any atom is 0.416 e. The number of phenols is 1. The number of rotatable bonds is 3. The molecule has 0 aromatic heterocycles. The minimum absolute atomic E-state index is 0.247. The maximum atomic E-state index is 12.8. The van der Waals surface area contributed by atoms with Gasteiger partial charge in [-0.05, 0) is 46.7 Å². The molecule has 0 saturated heterocycles. The van der Waals surface area contributed by atoms with Crippen LogP contribution in [0.15, 0.2) is 41.5 Å². The summed E-state index contributed by atoms with van der Waals surface area (Å²) in [5.41, 5.74) is 3.95. The average molecular weight is 392 g/mol. The molecule has 28 heavy (non-hydrogen) atoms. The fourth-order valence-electron chi connectivity index (χ4n) is 2.82. The van der Waals surface area contributed by atoms with Crippen molar-refractivity contribution in [2.75, 3.05) is 5.43 Å². The summed E-state index contributed by atoms with van der Waals surface area (Å²) in [6.45, 7) is 12.1. The first-order valence-electron chi connectivity index (χ1n) is 9.04. The average Bonchev–Trinajstić information content (AvgIpc) is 2.53. The Labute approximate surface area is 164 Å². The number of hydrogen-bond donors (Lipinski definition) is 2. The summed E-state index contributed by atoms with van der Waals surface area (Å²) < 4.78 is 38.4. The third-order valence-corrected chi connectivity index (χ3v) is 4.35. The van der Waals surface area contributed by atoms with E-state index in [0.29, 0.717) is 0 Å². The van der Waals surface area contributed by atoms with Crippen molar-refractivity contribution in [3.63, 3.8) is 0 Å². The Morgan fingerprint density at radius 2 is 1.43 bits per heavy atom. The highest BCUT2D eigenvalue weighted by Crippen LogP contribution is 2.39. The van der Waals surface area contributed by atoms with Crippen LogP contribution in [0.1, 0.15) is 63.8 Å². The minimum Gasteiger partial charge on any atom is -0.507 e. The molecule has 0 aliphatic heterocycles. The van der Waals surface area contributed by atoms with E-state index < -0.39 is 11.7 Å². The molecule has 0 radical (unpaired) electrons. The number of anilines is 1. The second-order valence-corrected chi connectivity index (χ2v) is 8.91. The maximum absolute atomic E-state index is 12.8. The lowest BCUT2D eigenvalue weighted by Crippen LogP contribution is -2.18. The lowest BCUT2D eigenvalue weighted by Gasteiger charge is -2.27. The molecule has 0 atom stereocenters. The van der Waals surface area contributed by atoms with Crippen LogP contribution in [-0.4, -0.2) is 11.3 Å². The fourth-order valence-corrected chi connectivity index (χ4v) is 2.82. The van der Waals surface area contributed by atoms with Crippen molar-refractivity contribution in [2.45, 2.75) is 58.5 Å². The summed E-state index contributed by atoms with van der Waals surface area (Å²) in [6, 6.07) is 8.57. The van der Waals surface area contributed by atoms with Gasteiger partial charge >= 0.3 is 6.18 Å². The number of aromatic hydroxyl groups is 1. The molecular formula is C22H27F3N2O. The third kappa shape index (κ3) is 5.27. The predicted molar refractivity (Wildman–Crippen MR) is 108 cm³/mol. The van der Waals surface area contributed by atoms with Crippen molar-refractivity contribution in [1.82, 2.24) is 0 Å². The second-order valence-electron chi connectivity index (χ2n) is 8.91. The molecule has 0 saturated carbocycles. The van der Waals surface area contributed by atoms with Gasteiger partial charge in [0, 0.05) is 11.1 Å². The standard InChI is InChI=1S/C22H27F3N2O/c1-20(2,3)17-10-14(11-18(19(17)28)21(4,5)6)13-26-27-16-9-7-8-15(12-16)22(23,24)25/h7-13,27-28H,1-6H3. The van der Waals surface area contributed by atoms with Gasteiger partial charge in [0.2, 0.25) is 0 Å². The van der Waals surface area contributed by atoms with Crippen LogP contribution in [0.3, 0.4) is 0 Å². The summed E-state index contributed by atoms with van der Waals surface area (Å²) in [5.74, 6) is 0.267. The van der Waals surface area contributed by atoms with E-state index in [1.807, 2.05) is 53.7 Å². The van der Waals surface area contributed by atoms with Crippen LogP contribution in [0.2, 0.25) is 0 Å². The number of hydrazone groups is 1. The van der Waals surface area contributed by atoms with E-state index in [1.165, 1.54) is 12.1 Å². The minimum atomic E-state index is -4.40. The lowest BCUT2D eigenvalue weighted by atomic mass is 9.78. The Kier molecular flexibility index (Phi) is 5.83. The molecule has 0 heterocycles. The van der Waals surface area contributed by atoms with Gasteiger partial charge in [0.05, 0.1) is 17.5 Å². The highest BCUT2D eigenvalue weighted by atomic mass is 19.4. The summed E-state index contributed by atoms with van der Waals surface area (Å²) in [5, 5.41) is 14.8. The number of hydrogen-bond acceptors (Lipinski definition) is 3. The number of halogens is 3. The molecule has 0 bridgehead atoms. The Bertz CT molecular complexity index is 838. The zero-order valence-corrected chi connectivity index (χ0v) is 17.1. The van der Waals surface area contributed by atoms with Crippen LogP contribution < -0.4 is 5.43 Å². The van der Waals surface area contributed by atoms with Gasteiger partial charge in [0.15, 0.2) is 0 Å². The molecule has 152 valence electrons. The van der Waals surface area contributed by atoms with Gasteiger partial charge in [-0.25, -0.2) is 0 Å². The molecule has 6 heteroatoms. The van der Waals surface area contributed by atoms with Crippen molar-refractivity contribution in [3.8, 4) is 5.75 Å². The van der Waals surface area contributed by atoms with Gasteiger partial charge in [-0.3, -0.25) is 5.43 Å². The fraction of sp³-hybridized carbons (Fsp3) is 0.409. The first-order valence-corrected chi connectivity index (χ1v) is 9.04. The van der Waals surface area contributed by atoms with E-state index in [4.69, 9.17) is 0 Å². The SMILES string of the molecule is CC(C)(C)c1cc(C=NNc2cccc(C(F)(F)F)c2)cc(C(C)(C)C)c1O. The highest BCUT2D eigenvalue weighted by molar-refractivity contribution is 5.82. The smallest absolute Gasteiger partial charge is 0.416 e. The molecule has 0 aliphatic carbocycles. The van der Waals surface area contributed by atoms with Crippen LogP contribution in [0.5, 0.6) is 5.75 Å². The quantitative estimate of drug-likeness (QED) is 0.465. The number of nitrogens with zero attached hydrogens (tertiary/aromatic N) is 1. The van der Waals surface area contributed by atoms with Crippen LogP contribution in [-0.2, 0) is 17.0 Å². The molecule has 0 fully saturated rings.